The van der Waals surface area contributed by atoms with Crippen LogP contribution in [0.1, 0.15) is 23.7 Å². The fourth-order valence-electron chi connectivity index (χ4n) is 2.36. The number of nitrogens with one attached hydrogen (secondary N) is 2. The first-order valence-corrected chi connectivity index (χ1v) is 7.05. The van der Waals surface area contributed by atoms with Crippen molar-refractivity contribution in [3.05, 3.63) is 57.3 Å². The van der Waals surface area contributed by atoms with E-state index in [1.165, 1.54) is 10.6 Å². The molecule has 1 aromatic carbocycles. The van der Waals surface area contributed by atoms with Crippen LogP contribution in [0.4, 0.5) is 10.3 Å². The van der Waals surface area contributed by atoms with Crippen molar-refractivity contribution in [2.45, 2.75) is 26.8 Å². The number of benzene rings is 1. The Kier molecular flexibility index (Phi) is 3.62. The second-order valence-electron chi connectivity index (χ2n) is 4.99. The highest BCUT2D eigenvalue weighted by Crippen LogP contribution is 2.10. The summed E-state index contributed by atoms with van der Waals surface area (Å²) in [6.45, 7) is 3.97. The Morgan fingerprint density at radius 2 is 2.09 bits per heavy atom. The Labute approximate surface area is 126 Å². The van der Waals surface area contributed by atoms with Gasteiger partial charge in [-0.05, 0) is 19.4 Å². The Balaban J connectivity index is 1.91. The Morgan fingerprint density at radius 1 is 1.32 bits per heavy atom. The van der Waals surface area contributed by atoms with Crippen molar-refractivity contribution in [1.29, 1.82) is 0 Å². The van der Waals surface area contributed by atoms with E-state index < -0.39 is 0 Å². The quantitative estimate of drug-likeness (QED) is 0.773. The zero-order valence-corrected chi connectivity index (χ0v) is 12.4. The fraction of sp³-hybridized carbons (Fsp3) is 0.267. The lowest BCUT2D eigenvalue weighted by atomic mass is 10.2. The molecule has 0 saturated carbocycles. The molecule has 3 rings (SSSR count). The van der Waals surface area contributed by atoms with Gasteiger partial charge < -0.3 is 5.32 Å². The Morgan fingerprint density at radius 3 is 2.82 bits per heavy atom. The van der Waals surface area contributed by atoms with Crippen LogP contribution in [-0.4, -0.2) is 19.6 Å². The number of rotatable bonds is 4. The van der Waals surface area contributed by atoms with Crippen molar-refractivity contribution >= 4 is 11.7 Å². The lowest BCUT2D eigenvalue weighted by molar-refractivity contribution is 0.612. The molecule has 0 radical (unpaired) electrons. The highest BCUT2D eigenvalue weighted by molar-refractivity contribution is 5.39. The van der Waals surface area contributed by atoms with Gasteiger partial charge in [-0.1, -0.05) is 25.1 Å². The number of aromatic nitrogens is 4. The molecule has 2 aromatic heterocycles. The molecule has 22 heavy (non-hydrogen) atoms. The van der Waals surface area contributed by atoms with Gasteiger partial charge in [-0.2, -0.15) is 9.50 Å². The number of aryl methyl sites for hydroxylation is 1. The smallest absolute Gasteiger partial charge is 0.277 e. The van der Waals surface area contributed by atoms with E-state index in [0.717, 1.165) is 0 Å². The van der Waals surface area contributed by atoms with E-state index in [4.69, 9.17) is 0 Å². The molecule has 0 amide bonds. The molecule has 0 spiro atoms. The zero-order valence-electron chi connectivity index (χ0n) is 12.4. The summed E-state index contributed by atoms with van der Waals surface area (Å²) in [4.78, 5) is 20.8. The number of hydrogen-bond acceptors (Lipinski definition) is 4. The molecule has 2 N–H and O–H groups in total. The third-order valence-corrected chi connectivity index (χ3v) is 3.55. The lowest BCUT2D eigenvalue weighted by Gasteiger charge is -2.03. The van der Waals surface area contributed by atoms with E-state index in [0.29, 0.717) is 35.0 Å². The van der Waals surface area contributed by atoms with Crippen LogP contribution in [0.15, 0.2) is 29.1 Å². The number of hydrogen-bond donors (Lipinski definition) is 2. The van der Waals surface area contributed by atoms with Crippen molar-refractivity contribution in [1.82, 2.24) is 19.6 Å². The normalized spacial score (nSPS) is 11.0. The molecule has 2 heterocycles. The topological polar surface area (TPSA) is 75.1 Å². The van der Waals surface area contributed by atoms with Crippen LogP contribution in [0, 0.1) is 12.7 Å². The molecule has 0 atom stereocenters. The maximum absolute atomic E-state index is 13.6. The molecule has 0 bridgehead atoms. The van der Waals surface area contributed by atoms with Crippen molar-refractivity contribution in [2.24, 2.45) is 0 Å². The standard InChI is InChI=1S/C15H16FN5O/c1-3-11-9(2)18-15-19-14(20-21(15)13(11)22)17-8-10-6-4-5-7-12(10)16/h4-7H,3,8H2,1-2H3,(H2,17,18,19,20). The van der Waals surface area contributed by atoms with Gasteiger partial charge in [0.1, 0.15) is 5.82 Å². The van der Waals surface area contributed by atoms with Gasteiger partial charge in [-0.25, -0.2) is 9.37 Å². The van der Waals surface area contributed by atoms with Gasteiger partial charge in [0.05, 0.1) is 5.69 Å². The molecule has 6 nitrogen and oxygen atoms in total. The summed E-state index contributed by atoms with van der Waals surface area (Å²) in [5, 5.41) is 5.82. The van der Waals surface area contributed by atoms with Gasteiger partial charge in [0.2, 0.25) is 5.95 Å². The van der Waals surface area contributed by atoms with Gasteiger partial charge in [-0.3, -0.25) is 9.89 Å². The van der Waals surface area contributed by atoms with Crippen LogP contribution in [0.5, 0.6) is 0 Å². The Bertz CT molecular complexity index is 883. The average Bonchev–Trinajstić information content (AvgIpc) is 2.90. The first kappa shape index (κ1) is 14.2. The minimum atomic E-state index is -0.287. The first-order valence-electron chi connectivity index (χ1n) is 7.05. The molecule has 7 heteroatoms. The monoisotopic (exact) mass is 301 g/mol. The second-order valence-corrected chi connectivity index (χ2v) is 4.99. The van der Waals surface area contributed by atoms with E-state index in [2.05, 4.69) is 20.4 Å². The molecular formula is C15H16FN5O. The highest BCUT2D eigenvalue weighted by Gasteiger charge is 2.12. The van der Waals surface area contributed by atoms with Crippen LogP contribution in [0.25, 0.3) is 5.78 Å². The van der Waals surface area contributed by atoms with Gasteiger partial charge in [0, 0.05) is 17.7 Å². The third kappa shape index (κ3) is 2.45. The number of fused-ring (bicyclic) bond motifs is 1. The SMILES string of the molecule is CCc1c(C)nc2nc(NCc3ccccc3F)[nH]n2c1=O. The number of halogens is 1. The van der Waals surface area contributed by atoms with Crippen LogP contribution >= 0.6 is 0 Å². The van der Waals surface area contributed by atoms with E-state index in [1.807, 2.05) is 6.92 Å². The third-order valence-electron chi connectivity index (χ3n) is 3.55. The van der Waals surface area contributed by atoms with E-state index in [-0.39, 0.29) is 17.9 Å². The van der Waals surface area contributed by atoms with Crippen molar-refractivity contribution in [3.63, 3.8) is 0 Å². The molecule has 114 valence electrons. The summed E-state index contributed by atoms with van der Waals surface area (Å²) in [5.41, 5.74) is 1.70. The summed E-state index contributed by atoms with van der Waals surface area (Å²) in [6.07, 6.45) is 0.609. The fourth-order valence-corrected chi connectivity index (χ4v) is 2.36. The minimum Gasteiger partial charge on any atom is -0.350 e. The minimum absolute atomic E-state index is 0.156. The number of H-pyrrole nitrogens is 1. The predicted molar refractivity (Wildman–Crippen MR) is 81.4 cm³/mol. The Hall–Kier alpha value is -2.70. The summed E-state index contributed by atoms with van der Waals surface area (Å²) in [5.74, 6) is 0.391. The molecule has 0 unspecified atom stereocenters. The number of aromatic amines is 1. The van der Waals surface area contributed by atoms with Gasteiger partial charge >= 0.3 is 0 Å². The number of anilines is 1. The molecule has 0 aliphatic heterocycles. The molecule has 3 aromatic rings. The van der Waals surface area contributed by atoms with Crippen molar-refractivity contribution in [3.8, 4) is 0 Å². The maximum Gasteiger partial charge on any atom is 0.277 e. The second kappa shape index (κ2) is 5.59. The molecular weight excluding hydrogens is 285 g/mol. The first-order chi connectivity index (χ1) is 10.6. The van der Waals surface area contributed by atoms with Crippen LogP contribution in [0.2, 0.25) is 0 Å². The lowest BCUT2D eigenvalue weighted by Crippen LogP contribution is -2.21. The molecule has 0 fully saturated rings. The van der Waals surface area contributed by atoms with E-state index in [1.54, 1.807) is 25.1 Å². The van der Waals surface area contributed by atoms with E-state index in [9.17, 15) is 9.18 Å². The maximum atomic E-state index is 13.6. The molecule has 0 aliphatic carbocycles. The van der Waals surface area contributed by atoms with Crippen LogP contribution in [-0.2, 0) is 13.0 Å². The van der Waals surface area contributed by atoms with Gasteiger partial charge in [0.25, 0.3) is 11.3 Å². The van der Waals surface area contributed by atoms with Crippen molar-refractivity contribution < 1.29 is 4.39 Å². The molecule has 0 saturated heterocycles. The zero-order chi connectivity index (χ0) is 15.7. The van der Waals surface area contributed by atoms with Crippen LogP contribution < -0.4 is 10.9 Å². The largest absolute Gasteiger partial charge is 0.350 e. The summed E-state index contributed by atoms with van der Waals surface area (Å²) >= 11 is 0. The average molecular weight is 301 g/mol. The summed E-state index contributed by atoms with van der Waals surface area (Å²) < 4.78 is 14.9. The van der Waals surface area contributed by atoms with Crippen LogP contribution in [0.3, 0.4) is 0 Å². The van der Waals surface area contributed by atoms with Crippen molar-refractivity contribution in [2.75, 3.05) is 5.32 Å². The summed E-state index contributed by atoms with van der Waals surface area (Å²) in [6, 6.07) is 6.49. The number of nitrogens with zero attached hydrogens (tertiary/aromatic N) is 3. The predicted octanol–water partition coefficient (Wildman–Crippen LogP) is 2.04. The van der Waals surface area contributed by atoms with Gasteiger partial charge in [-0.15, -0.1) is 0 Å². The highest BCUT2D eigenvalue weighted by atomic mass is 19.1. The van der Waals surface area contributed by atoms with E-state index >= 15 is 0 Å². The van der Waals surface area contributed by atoms with Gasteiger partial charge in [0.15, 0.2) is 0 Å². The molecule has 0 aliphatic rings. The summed E-state index contributed by atoms with van der Waals surface area (Å²) in [7, 11) is 0.